The van der Waals surface area contributed by atoms with Crippen LogP contribution in [0.3, 0.4) is 0 Å². The minimum Gasteiger partial charge on any atom is -0.426 e. The zero-order valence-electron chi connectivity index (χ0n) is 12.0. The lowest BCUT2D eigenvalue weighted by atomic mass is 10.1. The molecule has 0 amide bonds. The summed E-state index contributed by atoms with van der Waals surface area (Å²) in [5.74, 6) is 0.249. The van der Waals surface area contributed by atoms with Crippen molar-refractivity contribution in [2.45, 2.75) is 18.7 Å². The lowest BCUT2D eigenvalue weighted by Gasteiger charge is -2.06. The summed E-state index contributed by atoms with van der Waals surface area (Å²) in [4.78, 5) is 24.2. The number of carbonyl (C=O) groups excluding carboxylic acids is 2. The quantitative estimate of drug-likeness (QED) is 0.363. The highest BCUT2D eigenvalue weighted by atomic mass is 32.2. The highest BCUT2D eigenvalue weighted by Crippen LogP contribution is 2.22. The topological polar surface area (TPSA) is 43.4 Å². The van der Waals surface area contributed by atoms with E-state index >= 15 is 0 Å². The third-order valence-electron chi connectivity index (χ3n) is 2.91. The molecule has 0 spiro atoms. The lowest BCUT2D eigenvalue weighted by Crippen LogP contribution is -2.11. The second-order valence-corrected chi connectivity index (χ2v) is 5.63. The molecule has 0 bridgehead atoms. The third kappa shape index (κ3) is 4.46. The summed E-state index contributed by atoms with van der Waals surface area (Å²) in [6, 6.07) is 14.5. The first-order valence-corrected chi connectivity index (χ1v) is 7.55. The van der Waals surface area contributed by atoms with Crippen LogP contribution in [0.25, 0.3) is 0 Å². The van der Waals surface area contributed by atoms with Crippen LogP contribution in [-0.2, 0) is 4.79 Å². The molecule has 0 aliphatic rings. The van der Waals surface area contributed by atoms with Crippen molar-refractivity contribution in [1.29, 1.82) is 0 Å². The van der Waals surface area contributed by atoms with Gasteiger partial charge < -0.3 is 4.74 Å². The van der Waals surface area contributed by atoms with Gasteiger partial charge in [-0.25, -0.2) is 0 Å². The maximum absolute atomic E-state index is 11.9. The molecule has 0 heterocycles. The second kappa shape index (κ2) is 7.09. The predicted octanol–water partition coefficient (Wildman–Crippen LogP) is 3.90. The molecule has 0 radical (unpaired) electrons. The average molecular weight is 300 g/mol. The number of ether oxygens (including phenoxy) is 1. The number of esters is 1. The molecule has 0 N–H and O–H groups in total. The summed E-state index contributed by atoms with van der Waals surface area (Å²) in [6.45, 7) is 3.49. The van der Waals surface area contributed by atoms with E-state index in [0.29, 0.717) is 11.3 Å². The van der Waals surface area contributed by atoms with Gasteiger partial charge in [-0.1, -0.05) is 30.3 Å². The number of aryl methyl sites for hydroxylation is 1. The number of rotatable bonds is 5. The maximum Gasteiger partial charge on any atom is 0.321 e. The van der Waals surface area contributed by atoms with Gasteiger partial charge >= 0.3 is 5.97 Å². The van der Waals surface area contributed by atoms with E-state index in [9.17, 15) is 9.59 Å². The average Bonchev–Trinajstić information content (AvgIpc) is 2.46. The van der Waals surface area contributed by atoms with Crippen LogP contribution in [-0.4, -0.2) is 17.5 Å². The summed E-state index contributed by atoms with van der Waals surface area (Å²) < 4.78 is 5.25. The van der Waals surface area contributed by atoms with Crippen molar-refractivity contribution in [1.82, 2.24) is 0 Å². The largest absolute Gasteiger partial charge is 0.426 e. The smallest absolute Gasteiger partial charge is 0.321 e. The fraction of sp³-hybridized carbons (Fsp3) is 0.176. The Hall–Kier alpha value is -2.07. The molecule has 108 valence electrons. The number of benzene rings is 2. The third-order valence-corrected chi connectivity index (χ3v) is 4.06. The summed E-state index contributed by atoms with van der Waals surface area (Å²) in [5.41, 5.74) is 1.67. The molecule has 0 atom stereocenters. The Morgan fingerprint density at radius 3 is 2.57 bits per heavy atom. The molecule has 0 aromatic heterocycles. The fourth-order valence-electron chi connectivity index (χ4n) is 1.79. The standard InChI is InChI=1S/C17H16O3S/c1-12-6-3-4-9-16(12)21-11-17(19)20-15-8-5-7-14(10-15)13(2)18/h3-10H,11H2,1-2H3. The lowest BCUT2D eigenvalue weighted by molar-refractivity contribution is -0.131. The van der Waals surface area contributed by atoms with Crippen LogP contribution >= 0.6 is 11.8 Å². The normalized spacial score (nSPS) is 10.2. The van der Waals surface area contributed by atoms with E-state index in [2.05, 4.69) is 0 Å². The van der Waals surface area contributed by atoms with Crippen molar-refractivity contribution >= 4 is 23.5 Å². The maximum atomic E-state index is 11.9. The molecule has 0 aliphatic heterocycles. The van der Waals surface area contributed by atoms with Crippen LogP contribution in [0, 0.1) is 6.92 Å². The molecule has 0 aliphatic carbocycles. The van der Waals surface area contributed by atoms with Gasteiger partial charge in [-0.15, -0.1) is 11.8 Å². The van der Waals surface area contributed by atoms with Crippen LogP contribution in [0.15, 0.2) is 53.4 Å². The van der Waals surface area contributed by atoms with Gasteiger partial charge in [0.1, 0.15) is 5.75 Å². The first kappa shape index (κ1) is 15.3. The molecule has 2 rings (SSSR count). The van der Waals surface area contributed by atoms with Gasteiger partial charge in [0.2, 0.25) is 0 Å². The molecule has 0 saturated heterocycles. The molecular weight excluding hydrogens is 284 g/mol. The van der Waals surface area contributed by atoms with Crippen LogP contribution in [0.5, 0.6) is 5.75 Å². The molecular formula is C17H16O3S. The van der Waals surface area contributed by atoms with E-state index in [-0.39, 0.29) is 17.5 Å². The van der Waals surface area contributed by atoms with Crippen molar-refractivity contribution in [3.8, 4) is 5.75 Å². The van der Waals surface area contributed by atoms with Gasteiger partial charge in [0.05, 0.1) is 5.75 Å². The van der Waals surface area contributed by atoms with Gasteiger partial charge in [0.25, 0.3) is 0 Å². The number of carbonyl (C=O) groups is 2. The van der Waals surface area contributed by atoms with Crippen molar-refractivity contribution in [3.05, 3.63) is 59.7 Å². The number of hydrogen-bond donors (Lipinski definition) is 0. The van der Waals surface area contributed by atoms with Crippen molar-refractivity contribution in [2.24, 2.45) is 0 Å². The molecule has 2 aromatic rings. The molecule has 4 heteroatoms. The van der Waals surface area contributed by atoms with E-state index in [0.717, 1.165) is 10.5 Å². The Balaban J connectivity index is 1.95. The zero-order chi connectivity index (χ0) is 15.2. The summed E-state index contributed by atoms with van der Waals surface area (Å²) in [6.07, 6.45) is 0. The number of thioether (sulfide) groups is 1. The fourth-order valence-corrected chi connectivity index (χ4v) is 2.60. The summed E-state index contributed by atoms with van der Waals surface area (Å²) in [7, 11) is 0. The first-order chi connectivity index (χ1) is 10.1. The number of Topliss-reactive ketones (excluding diaryl/α,β-unsaturated/α-hetero) is 1. The van der Waals surface area contributed by atoms with Crippen LogP contribution in [0.2, 0.25) is 0 Å². The molecule has 3 nitrogen and oxygen atoms in total. The number of hydrogen-bond acceptors (Lipinski definition) is 4. The predicted molar refractivity (Wildman–Crippen MR) is 84.0 cm³/mol. The summed E-state index contributed by atoms with van der Waals surface area (Å²) in [5, 5.41) is 0. The zero-order valence-corrected chi connectivity index (χ0v) is 12.8. The highest BCUT2D eigenvalue weighted by molar-refractivity contribution is 8.00. The minimum absolute atomic E-state index is 0.0535. The summed E-state index contributed by atoms with van der Waals surface area (Å²) >= 11 is 1.44. The Kier molecular flexibility index (Phi) is 5.17. The van der Waals surface area contributed by atoms with Crippen molar-refractivity contribution < 1.29 is 14.3 Å². The Bertz CT molecular complexity index is 665. The Morgan fingerprint density at radius 2 is 1.86 bits per heavy atom. The molecule has 0 fully saturated rings. The first-order valence-electron chi connectivity index (χ1n) is 6.56. The minimum atomic E-state index is -0.330. The van der Waals surface area contributed by atoms with Crippen LogP contribution < -0.4 is 4.74 Å². The van der Waals surface area contributed by atoms with Gasteiger partial charge in [-0.05, 0) is 37.6 Å². The Labute approximate surface area is 128 Å². The van der Waals surface area contributed by atoms with Crippen LogP contribution in [0.4, 0.5) is 0 Å². The van der Waals surface area contributed by atoms with Gasteiger partial charge in [-0.2, -0.15) is 0 Å². The monoisotopic (exact) mass is 300 g/mol. The highest BCUT2D eigenvalue weighted by Gasteiger charge is 2.08. The van der Waals surface area contributed by atoms with Crippen molar-refractivity contribution in [2.75, 3.05) is 5.75 Å². The Morgan fingerprint density at radius 1 is 1.10 bits per heavy atom. The second-order valence-electron chi connectivity index (χ2n) is 4.61. The molecule has 0 unspecified atom stereocenters. The van der Waals surface area contributed by atoms with Gasteiger partial charge in [-0.3, -0.25) is 9.59 Å². The molecule has 2 aromatic carbocycles. The SMILES string of the molecule is CC(=O)c1cccc(OC(=O)CSc2ccccc2C)c1. The number of ketones is 1. The van der Waals surface area contributed by atoms with E-state index < -0.39 is 0 Å². The van der Waals surface area contributed by atoms with Gasteiger partial charge in [0, 0.05) is 10.5 Å². The molecule has 21 heavy (non-hydrogen) atoms. The van der Waals surface area contributed by atoms with E-state index in [4.69, 9.17) is 4.74 Å². The molecule has 0 saturated carbocycles. The van der Waals surface area contributed by atoms with E-state index in [1.807, 2.05) is 31.2 Å². The van der Waals surface area contributed by atoms with Crippen molar-refractivity contribution in [3.63, 3.8) is 0 Å². The van der Waals surface area contributed by atoms with Crippen LogP contribution in [0.1, 0.15) is 22.8 Å². The van der Waals surface area contributed by atoms with Gasteiger partial charge in [0.15, 0.2) is 5.78 Å². The van der Waals surface area contributed by atoms with E-state index in [1.165, 1.54) is 18.7 Å². The van der Waals surface area contributed by atoms with E-state index in [1.54, 1.807) is 24.3 Å².